The van der Waals surface area contributed by atoms with Gasteiger partial charge in [0, 0.05) is 58.3 Å². The standard InChI is InChI=1S/C41H34N2O.C29H32N2O2/c1-3-33(44-2)24-28-20-22-29(23-21-28)30-25-31(42-38-16-8-4-12-34(38)35-13-5-9-17-39(35)42)27-32(26-30)43-40-18-10-6-14-36(40)37-15-7-11-19-41(37)43;1-6-26(32-5)19-20-7-9-21(10-8-20)22-11-13-23(14-12-22)27-30-31-28(33-27)24-15-17-25(18-16-24)29(2,3)4/h4-23,25-27,33H,3,24H2,1-2H3;7-18,26H,6,19H2,1-5H3. The van der Waals surface area contributed by atoms with Gasteiger partial charge >= 0.3 is 0 Å². The lowest BCUT2D eigenvalue weighted by atomic mass is 9.87. The van der Waals surface area contributed by atoms with Crippen LogP contribution in [0.25, 0.3) is 100 Å². The van der Waals surface area contributed by atoms with Crippen molar-refractivity contribution in [1.29, 1.82) is 0 Å². The lowest BCUT2D eigenvalue weighted by molar-refractivity contribution is 0.0997. The highest BCUT2D eigenvalue weighted by Gasteiger charge is 2.19. The number of ether oxygens (including phenoxy) is 2. The van der Waals surface area contributed by atoms with Crippen LogP contribution in [0.1, 0.15) is 64.2 Å². The summed E-state index contributed by atoms with van der Waals surface area (Å²) in [4.78, 5) is 0. The van der Waals surface area contributed by atoms with Crippen LogP contribution in [-0.2, 0) is 27.7 Å². The number of hydrogen-bond acceptors (Lipinski definition) is 5. The Hall–Kier alpha value is -8.36. The molecule has 0 bridgehead atoms. The molecule has 0 aliphatic carbocycles. The molecule has 384 valence electrons. The molecule has 12 aromatic rings. The predicted octanol–water partition coefficient (Wildman–Crippen LogP) is 17.9. The second-order valence-electron chi connectivity index (χ2n) is 21.1. The Labute approximate surface area is 452 Å². The summed E-state index contributed by atoms with van der Waals surface area (Å²) in [5.74, 6) is 1.06. The lowest BCUT2D eigenvalue weighted by Gasteiger charge is -2.18. The molecule has 77 heavy (non-hydrogen) atoms. The van der Waals surface area contributed by atoms with Crippen LogP contribution < -0.4 is 0 Å². The van der Waals surface area contributed by atoms with Crippen molar-refractivity contribution in [2.75, 3.05) is 14.2 Å². The van der Waals surface area contributed by atoms with Gasteiger partial charge in [-0.3, -0.25) is 0 Å². The highest BCUT2D eigenvalue weighted by molar-refractivity contribution is 6.10. The van der Waals surface area contributed by atoms with E-state index in [1.54, 1.807) is 14.2 Å². The van der Waals surface area contributed by atoms with E-state index in [0.29, 0.717) is 11.8 Å². The van der Waals surface area contributed by atoms with Crippen molar-refractivity contribution in [2.24, 2.45) is 0 Å². The molecular weight excluding hydrogens is 945 g/mol. The van der Waals surface area contributed by atoms with Gasteiger partial charge in [-0.15, -0.1) is 10.2 Å². The van der Waals surface area contributed by atoms with E-state index < -0.39 is 0 Å². The van der Waals surface area contributed by atoms with E-state index in [0.717, 1.165) is 53.7 Å². The van der Waals surface area contributed by atoms with Crippen molar-refractivity contribution >= 4 is 43.6 Å². The van der Waals surface area contributed by atoms with Crippen molar-refractivity contribution in [3.63, 3.8) is 0 Å². The van der Waals surface area contributed by atoms with Crippen molar-refractivity contribution in [3.05, 3.63) is 229 Å². The Balaban J connectivity index is 0.000000171. The number of nitrogens with zero attached hydrogens (tertiary/aromatic N) is 4. The van der Waals surface area contributed by atoms with Crippen molar-refractivity contribution in [3.8, 4) is 56.5 Å². The number of para-hydroxylation sites is 4. The van der Waals surface area contributed by atoms with E-state index in [-0.39, 0.29) is 17.6 Å². The van der Waals surface area contributed by atoms with Gasteiger partial charge in [-0.1, -0.05) is 180 Å². The Bertz CT molecular complexity index is 3700. The number of aromatic nitrogens is 4. The molecule has 0 saturated carbocycles. The molecule has 7 heteroatoms. The number of hydrogen-bond donors (Lipinski definition) is 0. The van der Waals surface area contributed by atoms with E-state index >= 15 is 0 Å². The average molecular weight is 1010 g/mol. The van der Waals surface area contributed by atoms with Crippen LogP contribution in [0.3, 0.4) is 0 Å². The van der Waals surface area contributed by atoms with Gasteiger partial charge in [0.2, 0.25) is 11.8 Å². The quantitative estimate of drug-likeness (QED) is 0.109. The number of rotatable bonds is 14. The van der Waals surface area contributed by atoms with Gasteiger partial charge in [0.05, 0.1) is 34.3 Å². The zero-order chi connectivity index (χ0) is 53.0. The van der Waals surface area contributed by atoms with Gasteiger partial charge in [-0.2, -0.15) is 0 Å². The highest BCUT2D eigenvalue weighted by Crippen LogP contribution is 2.38. The minimum Gasteiger partial charge on any atom is -0.416 e. The van der Waals surface area contributed by atoms with Gasteiger partial charge in [0.25, 0.3) is 0 Å². The molecule has 12 rings (SSSR count). The van der Waals surface area contributed by atoms with E-state index in [2.05, 4.69) is 242 Å². The molecule has 0 N–H and O–H groups in total. The van der Waals surface area contributed by atoms with Crippen LogP contribution in [0, 0.1) is 0 Å². The van der Waals surface area contributed by atoms with Crippen molar-refractivity contribution in [1.82, 2.24) is 19.3 Å². The largest absolute Gasteiger partial charge is 0.416 e. The third kappa shape index (κ3) is 10.5. The van der Waals surface area contributed by atoms with E-state index in [1.807, 2.05) is 24.3 Å². The minimum atomic E-state index is 0.114. The van der Waals surface area contributed by atoms with Gasteiger partial charge in [0.15, 0.2) is 0 Å². The number of benzene rings is 9. The first kappa shape index (κ1) is 50.8. The summed E-state index contributed by atoms with van der Waals surface area (Å²) in [7, 11) is 3.58. The molecule has 0 aliphatic heterocycles. The molecule has 0 saturated heterocycles. The third-order valence-corrected chi connectivity index (χ3v) is 15.2. The molecule has 0 spiro atoms. The zero-order valence-electron chi connectivity index (χ0n) is 45.2. The molecule has 2 atom stereocenters. The van der Waals surface area contributed by atoms with E-state index in [4.69, 9.17) is 13.9 Å². The molecule has 7 nitrogen and oxygen atoms in total. The molecule has 0 amide bonds. The Morgan fingerprint density at radius 3 is 1.08 bits per heavy atom. The fraction of sp³-hybridized carbons (Fsp3) is 0.200. The van der Waals surface area contributed by atoms with Crippen LogP contribution in [0.15, 0.2) is 217 Å². The smallest absolute Gasteiger partial charge is 0.248 e. The monoisotopic (exact) mass is 1010 g/mol. The maximum atomic E-state index is 5.97. The van der Waals surface area contributed by atoms with Gasteiger partial charge in [-0.05, 0) is 137 Å². The normalized spacial score (nSPS) is 12.6. The summed E-state index contributed by atoms with van der Waals surface area (Å²) in [5.41, 5.74) is 17.7. The molecule has 0 fully saturated rings. The summed E-state index contributed by atoms with van der Waals surface area (Å²) in [6, 6.07) is 76.3. The van der Waals surface area contributed by atoms with Crippen LogP contribution in [0.2, 0.25) is 0 Å². The molecule has 3 aromatic heterocycles. The molecule has 2 unspecified atom stereocenters. The number of fused-ring (bicyclic) bond motifs is 6. The summed E-state index contributed by atoms with van der Waals surface area (Å²) in [5, 5.41) is 13.6. The fourth-order valence-corrected chi connectivity index (χ4v) is 10.8. The summed E-state index contributed by atoms with van der Waals surface area (Å²) in [6.45, 7) is 10.9. The average Bonchev–Trinajstić information content (AvgIpc) is 4.20. The highest BCUT2D eigenvalue weighted by atomic mass is 16.5. The van der Waals surface area contributed by atoms with Crippen LogP contribution in [-0.4, -0.2) is 45.8 Å². The third-order valence-electron chi connectivity index (χ3n) is 15.2. The number of methoxy groups -OCH3 is 2. The molecule has 0 aliphatic rings. The van der Waals surface area contributed by atoms with Gasteiger partial charge < -0.3 is 23.0 Å². The zero-order valence-corrected chi connectivity index (χ0v) is 45.2. The first-order valence-electron chi connectivity index (χ1n) is 27.0. The SMILES string of the molecule is CCC(Cc1ccc(-c2cc(-n3c4ccccc4c4ccccc43)cc(-n3c4ccccc4c4ccccc43)c2)cc1)OC.CCC(Cc1ccc(-c2ccc(-c3nnc(-c4ccc(C(C)(C)C)cc4)o3)cc2)cc1)OC. The maximum Gasteiger partial charge on any atom is 0.248 e. The second kappa shape index (κ2) is 22.1. The predicted molar refractivity (Wildman–Crippen MR) is 319 cm³/mol. The van der Waals surface area contributed by atoms with Crippen LogP contribution in [0.5, 0.6) is 0 Å². The molecular formula is C70H66N4O3. The summed E-state index contributed by atoms with van der Waals surface area (Å²) in [6.07, 6.45) is 4.37. The Morgan fingerprint density at radius 2 is 0.727 bits per heavy atom. The minimum absolute atomic E-state index is 0.114. The Morgan fingerprint density at radius 1 is 0.403 bits per heavy atom. The second-order valence-corrected chi connectivity index (χ2v) is 21.1. The summed E-state index contributed by atoms with van der Waals surface area (Å²) >= 11 is 0. The van der Waals surface area contributed by atoms with Crippen LogP contribution >= 0.6 is 0 Å². The molecule has 0 radical (unpaired) electrons. The Kier molecular flexibility index (Phi) is 14.6. The maximum absolute atomic E-state index is 5.97. The molecule has 9 aromatic carbocycles. The van der Waals surface area contributed by atoms with E-state index in [1.165, 1.54) is 77.0 Å². The van der Waals surface area contributed by atoms with Crippen LogP contribution in [0.4, 0.5) is 0 Å². The molecule has 3 heterocycles. The van der Waals surface area contributed by atoms with E-state index in [9.17, 15) is 0 Å². The first-order chi connectivity index (χ1) is 37.6. The topological polar surface area (TPSA) is 67.2 Å². The van der Waals surface area contributed by atoms with Gasteiger partial charge in [0.1, 0.15) is 0 Å². The lowest BCUT2D eigenvalue weighted by Crippen LogP contribution is -2.12. The van der Waals surface area contributed by atoms with Gasteiger partial charge in [-0.25, -0.2) is 0 Å². The summed E-state index contributed by atoms with van der Waals surface area (Å²) < 4.78 is 22.0. The first-order valence-corrected chi connectivity index (χ1v) is 27.0. The fourth-order valence-electron chi connectivity index (χ4n) is 10.8. The van der Waals surface area contributed by atoms with Crippen molar-refractivity contribution < 1.29 is 13.9 Å². The van der Waals surface area contributed by atoms with Crippen molar-refractivity contribution in [2.45, 2.75) is 77.9 Å².